The van der Waals surface area contributed by atoms with Crippen LogP contribution in [-0.4, -0.2) is 5.16 Å². The van der Waals surface area contributed by atoms with E-state index in [4.69, 9.17) is 4.52 Å². The van der Waals surface area contributed by atoms with Crippen LogP contribution in [0.1, 0.15) is 32.5 Å². The SMILES string of the molecule is C.CC.Cc1noc2c(C)cccc12. The number of hydrogen-bond donors (Lipinski definition) is 0. The van der Waals surface area contributed by atoms with Gasteiger partial charge in [0.15, 0.2) is 5.58 Å². The highest BCUT2D eigenvalue weighted by Crippen LogP contribution is 2.20. The molecule has 0 N–H and O–H groups in total. The van der Waals surface area contributed by atoms with Gasteiger partial charge < -0.3 is 4.52 Å². The molecule has 0 unspecified atom stereocenters. The van der Waals surface area contributed by atoms with Crippen molar-refractivity contribution in [3.05, 3.63) is 29.5 Å². The Hall–Kier alpha value is -1.31. The smallest absolute Gasteiger partial charge is 0.170 e. The minimum Gasteiger partial charge on any atom is -0.356 e. The fourth-order valence-electron chi connectivity index (χ4n) is 1.22. The molecule has 78 valence electrons. The highest BCUT2D eigenvalue weighted by molar-refractivity contribution is 5.81. The summed E-state index contributed by atoms with van der Waals surface area (Å²) < 4.78 is 5.13. The fourth-order valence-corrected chi connectivity index (χ4v) is 1.22. The monoisotopic (exact) mass is 193 g/mol. The number of rotatable bonds is 0. The van der Waals surface area contributed by atoms with E-state index >= 15 is 0 Å². The molecule has 1 heterocycles. The quantitative estimate of drug-likeness (QED) is 0.629. The van der Waals surface area contributed by atoms with Crippen LogP contribution in [0.4, 0.5) is 0 Å². The normalized spacial score (nSPS) is 8.86. The van der Waals surface area contributed by atoms with E-state index in [2.05, 4.69) is 5.16 Å². The summed E-state index contributed by atoms with van der Waals surface area (Å²) in [5, 5.41) is 5.00. The predicted molar refractivity (Wildman–Crippen MR) is 61.6 cm³/mol. The van der Waals surface area contributed by atoms with Crippen LogP contribution in [0.2, 0.25) is 0 Å². The molecule has 1 aromatic carbocycles. The van der Waals surface area contributed by atoms with Gasteiger partial charge in [-0.2, -0.15) is 0 Å². The Morgan fingerprint density at radius 3 is 2.36 bits per heavy atom. The van der Waals surface area contributed by atoms with Gasteiger partial charge in [0.1, 0.15) is 0 Å². The molecule has 0 atom stereocenters. The molecule has 0 spiro atoms. The molecular weight excluding hydrogens is 174 g/mol. The maximum Gasteiger partial charge on any atom is 0.170 e. The van der Waals surface area contributed by atoms with Crippen molar-refractivity contribution in [2.24, 2.45) is 0 Å². The van der Waals surface area contributed by atoms with Gasteiger partial charge in [-0.3, -0.25) is 0 Å². The third kappa shape index (κ3) is 2.13. The maximum atomic E-state index is 5.13. The van der Waals surface area contributed by atoms with Crippen molar-refractivity contribution in [3.63, 3.8) is 0 Å². The number of para-hydroxylation sites is 1. The van der Waals surface area contributed by atoms with Gasteiger partial charge in [0, 0.05) is 5.39 Å². The van der Waals surface area contributed by atoms with Crippen molar-refractivity contribution in [1.29, 1.82) is 0 Å². The van der Waals surface area contributed by atoms with Crippen LogP contribution >= 0.6 is 0 Å². The maximum absolute atomic E-state index is 5.13. The molecule has 1 aromatic heterocycles. The second kappa shape index (κ2) is 5.43. The lowest BCUT2D eigenvalue weighted by Crippen LogP contribution is -1.72. The standard InChI is InChI=1S/C9H9NO.C2H6.CH4/c1-6-4-3-5-8-7(2)10-11-9(6)8;1-2;/h3-5H,1-2H3;1-2H3;1H4. The Bertz CT molecular complexity index is 390. The van der Waals surface area contributed by atoms with E-state index in [1.807, 2.05) is 45.9 Å². The van der Waals surface area contributed by atoms with Gasteiger partial charge in [0.05, 0.1) is 5.69 Å². The molecule has 0 saturated carbocycles. The number of hydrogen-bond acceptors (Lipinski definition) is 2. The van der Waals surface area contributed by atoms with Crippen LogP contribution in [0, 0.1) is 13.8 Å². The zero-order valence-corrected chi connectivity index (χ0v) is 8.59. The Labute approximate surface area is 85.9 Å². The second-order valence-electron chi connectivity index (χ2n) is 2.72. The average Bonchev–Trinajstić information content (AvgIpc) is 2.53. The number of nitrogens with zero attached hydrogens (tertiary/aromatic N) is 1. The summed E-state index contributed by atoms with van der Waals surface area (Å²) >= 11 is 0. The summed E-state index contributed by atoms with van der Waals surface area (Å²) in [6.07, 6.45) is 0. The van der Waals surface area contributed by atoms with Gasteiger partial charge in [0.2, 0.25) is 0 Å². The summed E-state index contributed by atoms with van der Waals surface area (Å²) in [5.41, 5.74) is 3.01. The molecule has 2 nitrogen and oxygen atoms in total. The molecule has 14 heavy (non-hydrogen) atoms. The van der Waals surface area contributed by atoms with Gasteiger partial charge in [0.25, 0.3) is 0 Å². The van der Waals surface area contributed by atoms with Crippen LogP contribution in [0.25, 0.3) is 11.0 Å². The molecule has 2 heteroatoms. The first-order chi connectivity index (χ1) is 6.29. The predicted octanol–water partition coefficient (Wildman–Crippen LogP) is 4.11. The molecule has 0 aliphatic rings. The fraction of sp³-hybridized carbons (Fsp3) is 0.417. The molecule has 0 aliphatic heterocycles. The number of fused-ring (bicyclic) bond motifs is 1. The van der Waals surface area contributed by atoms with Crippen LogP contribution < -0.4 is 0 Å². The molecule has 0 radical (unpaired) electrons. The van der Waals surface area contributed by atoms with Crippen LogP contribution in [-0.2, 0) is 0 Å². The van der Waals surface area contributed by atoms with E-state index in [0.29, 0.717) is 0 Å². The van der Waals surface area contributed by atoms with E-state index in [-0.39, 0.29) is 7.43 Å². The van der Waals surface area contributed by atoms with Gasteiger partial charge in [-0.15, -0.1) is 0 Å². The molecular formula is C12H19NO. The molecule has 0 saturated heterocycles. The van der Waals surface area contributed by atoms with E-state index in [1.165, 1.54) is 0 Å². The molecule has 0 bridgehead atoms. The third-order valence-corrected chi connectivity index (χ3v) is 1.88. The van der Waals surface area contributed by atoms with Crippen molar-refractivity contribution in [2.75, 3.05) is 0 Å². The third-order valence-electron chi connectivity index (χ3n) is 1.88. The van der Waals surface area contributed by atoms with Crippen molar-refractivity contribution in [2.45, 2.75) is 35.1 Å². The zero-order chi connectivity index (χ0) is 9.84. The first-order valence-corrected chi connectivity index (χ1v) is 4.60. The van der Waals surface area contributed by atoms with Crippen molar-refractivity contribution < 1.29 is 4.52 Å². The highest BCUT2D eigenvalue weighted by Gasteiger charge is 2.03. The summed E-state index contributed by atoms with van der Waals surface area (Å²) in [6.45, 7) is 7.97. The first kappa shape index (κ1) is 12.7. The van der Waals surface area contributed by atoms with Crippen molar-refractivity contribution >= 4 is 11.0 Å². The van der Waals surface area contributed by atoms with Gasteiger partial charge >= 0.3 is 0 Å². The second-order valence-corrected chi connectivity index (χ2v) is 2.72. The molecule has 0 aliphatic carbocycles. The minimum absolute atomic E-state index is 0. The van der Waals surface area contributed by atoms with Crippen LogP contribution in [0.3, 0.4) is 0 Å². The first-order valence-electron chi connectivity index (χ1n) is 4.60. The summed E-state index contributed by atoms with van der Waals surface area (Å²) in [4.78, 5) is 0. The highest BCUT2D eigenvalue weighted by atomic mass is 16.5. The lowest BCUT2D eigenvalue weighted by molar-refractivity contribution is 0.449. The molecule has 0 fully saturated rings. The van der Waals surface area contributed by atoms with Crippen molar-refractivity contribution in [3.8, 4) is 0 Å². The molecule has 2 rings (SSSR count). The topological polar surface area (TPSA) is 26.0 Å². The Morgan fingerprint density at radius 2 is 1.79 bits per heavy atom. The Kier molecular flexibility index (Phi) is 4.92. The van der Waals surface area contributed by atoms with E-state index in [1.54, 1.807) is 0 Å². The molecule has 0 amide bonds. The van der Waals surface area contributed by atoms with Crippen LogP contribution in [0.5, 0.6) is 0 Å². The van der Waals surface area contributed by atoms with E-state index < -0.39 is 0 Å². The summed E-state index contributed by atoms with van der Waals surface area (Å²) in [5.74, 6) is 0. The van der Waals surface area contributed by atoms with Crippen LogP contribution in [0.15, 0.2) is 22.7 Å². The van der Waals surface area contributed by atoms with Gasteiger partial charge in [-0.05, 0) is 25.5 Å². The Morgan fingerprint density at radius 1 is 1.14 bits per heavy atom. The largest absolute Gasteiger partial charge is 0.356 e. The number of aromatic nitrogens is 1. The van der Waals surface area contributed by atoms with E-state index in [0.717, 1.165) is 22.2 Å². The molecule has 2 aromatic rings. The average molecular weight is 193 g/mol. The van der Waals surface area contributed by atoms with Gasteiger partial charge in [-0.1, -0.05) is 38.6 Å². The zero-order valence-electron chi connectivity index (χ0n) is 8.59. The Balaban J connectivity index is 0.000000531. The summed E-state index contributed by atoms with van der Waals surface area (Å²) in [6, 6.07) is 6.06. The van der Waals surface area contributed by atoms with E-state index in [9.17, 15) is 0 Å². The summed E-state index contributed by atoms with van der Waals surface area (Å²) in [7, 11) is 0. The van der Waals surface area contributed by atoms with Gasteiger partial charge in [-0.25, -0.2) is 0 Å². The lowest BCUT2D eigenvalue weighted by atomic mass is 10.1. The van der Waals surface area contributed by atoms with Crippen molar-refractivity contribution in [1.82, 2.24) is 5.16 Å². The minimum atomic E-state index is 0. The lowest BCUT2D eigenvalue weighted by Gasteiger charge is -1.89. The number of aryl methyl sites for hydroxylation is 2. The number of benzene rings is 1.